The number of piperidine rings is 1. The van der Waals surface area contributed by atoms with Gasteiger partial charge in [0.15, 0.2) is 0 Å². The summed E-state index contributed by atoms with van der Waals surface area (Å²) >= 11 is 0. The van der Waals surface area contributed by atoms with Crippen LogP contribution in [0.3, 0.4) is 0 Å². The lowest BCUT2D eigenvalue weighted by atomic mass is 9.78. The van der Waals surface area contributed by atoms with Crippen LogP contribution in [0.4, 0.5) is 0 Å². The normalized spacial score (nSPS) is 43.0. The van der Waals surface area contributed by atoms with E-state index in [1.807, 2.05) is 0 Å². The molecule has 1 heterocycles. The van der Waals surface area contributed by atoms with E-state index in [1.54, 1.807) is 0 Å². The van der Waals surface area contributed by atoms with Gasteiger partial charge < -0.3 is 5.32 Å². The molecule has 0 radical (unpaired) electrons. The summed E-state index contributed by atoms with van der Waals surface area (Å²) in [5.41, 5.74) is 0. The minimum Gasteiger partial charge on any atom is -0.314 e. The zero-order chi connectivity index (χ0) is 13.1. The van der Waals surface area contributed by atoms with Gasteiger partial charge in [-0.15, -0.1) is 0 Å². The van der Waals surface area contributed by atoms with E-state index in [4.69, 9.17) is 0 Å². The highest BCUT2D eigenvalue weighted by Crippen LogP contribution is 2.34. The van der Waals surface area contributed by atoms with E-state index in [1.165, 1.54) is 38.6 Å². The van der Waals surface area contributed by atoms with Crippen LogP contribution in [0.15, 0.2) is 0 Å². The fourth-order valence-corrected chi connectivity index (χ4v) is 4.38. The molecular formula is C16H32N2. The maximum Gasteiger partial charge on any atom is 0.0103 e. The second kappa shape index (κ2) is 6.38. The number of nitrogens with zero attached hydrogens (tertiary/aromatic N) is 1. The van der Waals surface area contributed by atoms with Gasteiger partial charge in [-0.2, -0.15) is 0 Å². The molecule has 4 atom stereocenters. The monoisotopic (exact) mass is 252 g/mol. The van der Waals surface area contributed by atoms with Crippen molar-refractivity contribution in [3.05, 3.63) is 0 Å². The van der Waals surface area contributed by atoms with Crippen molar-refractivity contribution < 1.29 is 0 Å². The summed E-state index contributed by atoms with van der Waals surface area (Å²) in [5.74, 6) is 1.86. The number of nitrogens with one attached hydrogen (secondary N) is 1. The highest BCUT2D eigenvalue weighted by molar-refractivity contribution is 4.90. The lowest BCUT2D eigenvalue weighted by molar-refractivity contribution is 0.0438. The largest absolute Gasteiger partial charge is 0.314 e. The van der Waals surface area contributed by atoms with Gasteiger partial charge in [0.1, 0.15) is 0 Å². The first-order valence-corrected chi connectivity index (χ1v) is 8.09. The van der Waals surface area contributed by atoms with Crippen LogP contribution in [-0.2, 0) is 0 Å². The molecule has 2 heteroatoms. The van der Waals surface area contributed by atoms with Gasteiger partial charge in [-0.3, -0.25) is 4.90 Å². The second-order valence-electron chi connectivity index (χ2n) is 6.94. The third kappa shape index (κ3) is 3.48. The van der Waals surface area contributed by atoms with Gasteiger partial charge >= 0.3 is 0 Å². The first-order valence-electron chi connectivity index (χ1n) is 8.09. The Bertz CT molecular complexity index is 243. The summed E-state index contributed by atoms with van der Waals surface area (Å²) in [4.78, 5) is 2.82. The summed E-state index contributed by atoms with van der Waals surface area (Å²) in [6, 6.07) is 2.39. The molecule has 0 spiro atoms. The minimum absolute atomic E-state index is 0.764. The van der Waals surface area contributed by atoms with Crippen molar-refractivity contribution in [2.24, 2.45) is 11.8 Å². The Labute approximate surface area is 114 Å². The summed E-state index contributed by atoms with van der Waals surface area (Å²) in [7, 11) is 0. The number of likely N-dealkylation sites (tertiary alicyclic amines) is 1. The summed E-state index contributed by atoms with van der Waals surface area (Å²) in [5, 5.41) is 3.63. The minimum atomic E-state index is 0.764. The van der Waals surface area contributed by atoms with Crippen molar-refractivity contribution in [3.63, 3.8) is 0 Å². The lowest BCUT2D eigenvalue weighted by Crippen LogP contribution is -2.52. The van der Waals surface area contributed by atoms with Gasteiger partial charge in [0.2, 0.25) is 0 Å². The van der Waals surface area contributed by atoms with E-state index in [2.05, 4.69) is 37.9 Å². The van der Waals surface area contributed by atoms with E-state index in [9.17, 15) is 0 Å². The van der Waals surface area contributed by atoms with Gasteiger partial charge in [-0.25, -0.2) is 0 Å². The molecule has 106 valence electrons. The predicted octanol–water partition coefficient (Wildman–Crippen LogP) is 3.27. The quantitative estimate of drug-likeness (QED) is 0.829. The predicted molar refractivity (Wildman–Crippen MR) is 78.8 cm³/mol. The molecule has 0 aromatic heterocycles. The van der Waals surface area contributed by atoms with Gasteiger partial charge in [0.05, 0.1) is 0 Å². The van der Waals surface area contributed by atoms with Crippen LogP contribution in [0.5, 0.6) is 0 Å². The molecule has 0 aromatic carbocycles. The smallest absolute Gasteiger partial charge is 0.0103 e. The molecule has 1 saturated heterocycles. The summed E-state index contributed by atoms with van der Waals surface area (Å²) in [6.07, 6.45) is 6.99. The molecule has 4 unspecified atom stereocenters. The Balaban J connectivity index is 1.89. The van der Waals surface area contributed by atoms with Gasteiger partial charge in [0, 0.05) is 24.7 Å². The summed E-state index contributed by atoms with van der Waals surface area (Å²) in [6.45, 7) is 12.0. The molecule has 0 aromatic rings. The van der Waals surface area contributed by atoms with Crippen molar-refractivity contribution in [1.82, 2.24) is 10.2 Å². The average molecular weight is 252 g/mol. The van der Waals surface area contributed by atoms with Gasteiger partial charge in [0.25, 0.3) is 0 Å². The third-order valence-electron chi connectivity index (χ3n) is 5.04. The Kier molecular flexibility index (Phi) is 5.08. The zero-order valence-electron chi connectivity index (χ0n) is 12.8. The van der Waals surface area contributed by atoms with Gasteiger partial charge in [-0.05, 0) is 57.4 Å². The molecule has 2 rings (SSSR count). The average Bonchev–Trinajstić information content (AvgIpc) is 2.28. The maximum atomic E-state index is 3.63. The van der Waals surface area contributed by atoms with Crippen molar-refractivity contribution in [3.8, 4) is 0 Å². The highest BCUT2D eigenvalue weighted by Gasteiger charge is 2.33. The van der Waals surface area contributed by atoms with Crippen molar-refractivity contribution in [1.29, 1.82) is 0 Å². The molecular weight excluding hydrogens is 220 g/mol. The fourth-order valence-electron chi connectivity index (χ4n) is 4.38. The second-order valence-corrected chi connectivity index (χ2v) is 6.94. The Hall–Kier alpha value is -0.0800. The van der Waals surface area contributed by atoms with Crippen LogP contribution in [0.2, 0.25) is 0 Å². The molecule has 2 nitrogen and oxygen atoms in total. The first-order chi connectivity index (χ1) is 8.60. The van der Waals surface area contributed by atoms with E-state index in [0.717, 1.165) is 36.5 Å². The molecule has 2 aliphatic rings. The summed E-state index contributed by atoms with van der Waals surface area (Å²) < 4.78 is 0. The Morgan fingerprint density at radius 2 is 1.67 bits per heavy atom. The topological polar surface area (TPSA) is 15.3 Å². The van der Waals surface area contributed by atoms with Crippen LogP contribution < -0.4 is 5.32 Å². The third-order valence-corrected chi connectivity index (χ3v) is 5.04. The molecule has 2 fully saturated rings. The van der Waals surface area contributed by atoms with E-state index < -0.39 is 0 Å². The van der Waals surface area contributed by atoms with Crippen LogP contribution >= 0.6 is 0 Å². The number of hydrogen-bond acceptors (Lipinski definition) is 2. The van der Waals surface area contributed by atoms with Crippen LogP contribution in [0, 0.1) is 11.8 Å². The lowest BCUT2D eigenvalue weighted by Gasteiger charge is -2.46. The van der Waals surface area contributed by atoms with Crippen LogP contribution in [-0.4, -0.2) is 36.1 Å². The zero-order valence-corrected chi connectivity index (χ0v) is 12.8. The Morgan fingerprint density at radius 3 is 2.22 bits per heavy atom. The molecule has 1 aliphatic carbocycles. The molecule has 1 N–H and O–H groups in total. The van der Waals surface area contributed by atoms with Crippen molar-refractivity contribution in [2.75, 3.05) is 13.1 Å². The van der Waals surface area contributed by atoms with Crippen LogP contribution in [0.25, 0.3) is 0 Å². The SMILES string of the molecule is CCNC1CCN(C2CC(C)CC(C)C2)C(C)C1. The maximum absolute atomic E-state index is 3.63. The highest BCUT2D eigenvalue weighted by atomic mass is 15.2. The van der Waals surface area contributed by atoms with E-state index >= 15 is 0 Å². The fraction of sp³-hybridized carbons (Fsp3) is 1.00. The number of rotatable bonds is 3. The molecule has 18 heavy (non-hydrogen) atoms. The van der Waals surface area contributed by atoms with Crippen molar-refractivity contribution >= 4 is 0 Å². The Morgan fingerprint density at radius 1 is 1.00 bits per heavy atom. The van der Waals surface area contributed by atoms with Crippen LogP contribution in [0.1, 0.15) is 59.8 Å². The molecule has 0 bridgehead atoms. The first kappa shape index (κ1) is 14.3. The number of hydrogen-bond donors (Lipinski definition) is 1. The van der Waals surface area contributed by atoms with E-state index in [-0.39, 0.29) is 0 Å². The molecule has 0 amide bonds. The standard InChI is InChI=1S/C16H32N2/c1-5-17-15-6-7-18(14(4)11-15)16-9-12(2)8-13(3)10-16/h12-17H,5-11H2,1-4H3. The van der Waals surface area contributed by atoms with Crippen molar-refractivity contribution in [2.45, 2.75) is 77.9 Å². The van der Waals surface area contributed by atoms with E-state index in [0.29, 0.717) is 0 Å². The molecule has 1 aliphatic heterocycles. The van der Waals surface area contributed by atoms with Gasteiger partial charge in [-0.1, -0.05) is 20.8 Å². The molecule has 1 saturated carbocycles.